The van der Waals surface area contributed by atoms with Crippen LogP contribution in [0.25, 0.3) is 17.4 Å². The van der Waals surface area contributed by atoms with Crippen LogP contribution in [0.1, 0.15) is 19.1 Å². The fraction of sp³-hybridized carbons (Fsp3) is 0.190. The highest BCUT2D eigenvalue weighted by Gasteiger charge is 2.35. The van der Waals surface area contributed by atoms with E-state index in [0.717, 1.165) is 10.5 Å². The molecule has 6 nitrogen and oxygen atoms in total. The van der Waals surface area contributed by atoms with E-state index in [-0.39, 0.29) is 30.7 Å². The molecule has 0 atom stereocenters. The Hall–Kier alpha value is -3.14. The lowest BCUT2D eigenvalue weighted by molar-refractivity contribution is -0.140. The van der Waals surface area contributed by atoms with Crippen molar-refractivity contribution in [2.24, 2.45) is 0 Å². The second kappa shape index (κ2) is 8.26. The summed E-state index contributed by atoms with van der Waals surface area (Å²) in [6, 6.07) is 12.5. The number of hydrogen-bond donors (Lipinski definition) is 1. The fourth-order valence-electron chi connectivity index (χ4n) is 2.93. The molecule has 0 aliphatic carbocycles. The Morgan fingerprint density at radius 2 is 2.04 bits per heavy atom. The number of benzene rings is 1. The van der Waals surface area contributed by atoms with Crippen LogP contribution in [0.5, 0.6) is 0 Å². The molecule has 2 aromatic rings. The number of carbonyl (C=O) groups is 2. The summed E-state index contributed by atoms with van der Waals surface area (Å²) >= 11 is 6.01. The third kappa shape index (κ3) is 3.77. The number of amides is 2. The lowest BCUT2D eigenvalue weighted by atomic mass is 9.94. The number of aliphatic hydroxyl groups is 1. The van der Waals surface area contributed by atoms with Gasteiger partial charge in [0.1, 0.15) is 23.2 Å². The number of imide groups is 1. The molecule has 142 valence electrons. The van der Waals surface area contributed by atoms with E-state index in [0.29, 0.717) is 22.1 Å². The monoisotopic (exact) mass is 396 g/mol. The molecule has 0 spiro atoms. The van der Waals surface area contributed by atoms with Gasteiger partial charge in [-0.1, -0.05) is 23.7 Å². The average Bonchev–Trinajstić information content (AvgIpc) is 3.14. The molecular weight excluding hydrogens is 380 g/mol. The second-order valence-electron chi connectivity index (χ2n) is 6.22. The predicted molar refractivity (Wildman–Crippen MR) is 104 cm³/mol. The Kier molecular flexibility index (Phi) is 5.78. The van der Waals surface area contributed by atoms with Crippen LogP contribution in [-0.4, -0.2) is 35.0 Å². The molecule has 1 aliphatic heterocycles. The van der Waals surface area contributed by atoms with Gasteiger partial charge in [-0.15, -0.1) is 0 Å². The number of carbonyl (C=O) groups excluding carboxylic acids is 2. The van der Waals surface area contributed by atoms with E-state index in [9.17, 15) is 14.9 Å². The zero-order chi connectivity index (χ0) is 20.3. The number of hydrogen-bond acceptors (Lipinski definition) is 5. The van der Waals surface area contributed by atoms with E-state index in [1.807, 2.05) is 12.1 Å². The van der Waals surface area contributed by atoms with Crippen LogP contribution < -0.4 is 0 Å². The number of aliphatic hydroxyl groups excluding tert-OH is 1. The Morgan fingerprint density at radius 1 is 1.25 bits per heavy atom. The van der Waals surface area contributed by atoms with E-state index >= 15 is 0 Å². The van der Waals surface area contributed by atoms with Crippen LogP contribution >= 0.6 is 11.6 Å². The maximum atomic E-state index is 12.8. The van der Waals surface area contributed by atoms with Crippen LogP contribution in [0, 0.1) is 11.3 Å². The maximum Gasteiger partial charge on any atom is 0.271 e. The summed E-state index contributed by atoms with van der Waals surface area (Å²) < 4.78 is 5.80. The first-order chi connectivity index (χ1) is 13.5. The molecule has 1 aliphatic rings. The van der Waals surface area contributed by atoms with Gasteiger partial charge in [0, 0.05) is 29.3 Å². The molecule has 3 rings (SSSR count). The Balaban J connectivity index is 2.00. The minimum Gasteiger partial charge on any atom is -0.457 e. The van der Waals surface area contributed by atoms with Crippen molar-refractivity contribution in [2.45, 2.75) is 13.3 Å². The fourth-order valence-corrected chi connectivity index (χ4v) is 3.12. The molecule has 0 fully saturated rings. The van der Waals surface area contributed by atoms with Crippen LogP contribution in [0.4, 0.5) is 0 Å². The van der Waals surface area contributed by atoms with Gasteiger partial charge < -0.3 is 9.52 Å². The highest BCUT2D eigenvalue weighted by molar-refractivity contribution is 6.30. The number of furan rings is 1. The first-order valence-corrected chi connectivity index (χ1v) is 9.00. The van der Waals surface area contributed by atoms with Gasteiger partial charge in [-0.05, 0) is 49.3 Å². The number of rotatable bonds is 5. The summed E-state index contributed by atoms with van der Waals surface area (Å²) in [6.45, 7) is 1.43. The first kappa shape index (κ1) is 19.6. The van der Waals surface area contributed by atoms with Crippen molar-refractivity contribution in [3.05, 3.63) is 63.9 Å². The van der Waals surface area contributed by atoms with Crippen molar-refractivity contribution in [3.8, 4) is 17.4 Å². The molecule has 1 aromatic carbocycles. The van der Waals surface area contributed by atoms with Crippen LogP contribution in [-0.2, 0) is 9.59 Å². The summed E-state index contributed by atoms with van der Waals surface area (Å²) in [5.74, 6) is -0.176. The van der Waals surface area contributed by atoms with E-state index in [2.05, 4.69) is 0 Å². The number of nitriles is 1. The molecular formula is C21H17ClN2O4. The quantitative estimate of drug-likeness (QED) is 0.615. The van der Waals surface area contributed by atoms with Gasteiger partial charge >= 0.3 is 0 Å². The van der Waals surface area contributed by atoms with Gasteiger partial charge in [0.25, 0.3) is 11.8 Å². The van der Waals surface area contributed by atoms with Gasteiger partial charge in [-0.2, -0.15) is 5.26 Å². The highest BCUT2D eigenvalue weighted by atomic mass is 35.5. The molecule has 28 heavy (non-hydrogen) atoms. The molecule has 0 unspecified atom stereocenters. The van der Waals surface area contributed by atoms with E-state index < -0.39 is 11.8 Å². The molecule has 0 radical (unpaired) electrons. The molecule has 0 bridgehead atoms. The normalized spacial score (nSPS) is 16.1. The third-order valence-corrected chi connectivity index (χ3v) is 4.62. The second-order valence-corrected chi connectivity index (χ2v) is 6.66. The van der Waals surface area contributed by atoms with Crippen LogP contribution in [0.3, 0.4) is 0 Å². The molecule has 2 heterocycles. The van der Waals surface area contributed by atoms with Crippen molar-refractivity contribution in [3.63, 3.8) is 0 Å². The van der Waals surface area contributed by atoms with Crippen molar-refractivity contribution in [1.29, 1.82) is 5.26 Å². The van der Waals surface area contributed by atoms with Gasteiger partial charge in [0.15, 0.2) is 0 Å². The van der Waals surface area contributed by atoms with Crippen molar-refractivity contribution in [2.75, 3.05) is 13.2 Å². The van der Waals surface area contributed by atoms with Crippen molar-refractivity contribution in [1.82, 2.24) is 4.90 Å². The third-order valence-electron chi connectivity index (χ3n) is 4.39. The minimum atomic E-state index is -0.644. The van der Waals surface area contributed by atoms with Gasteiger partial charge in [-0.25, -0.2) is 0 Å². The average molecular weight is 397 g/mol. The van der Waals surface area contributed by atoms with E-state index in [1.54, 1.807) is 37.3 Å². The highest BCUT2D eigenvalue weighted by Crippen LogP contribution is 2.30. The maximum absolute atomic E-state index is 12.8. The molecule has 0 saturated carbocycles. The first-order valence-electron chi connectivity index (χ1n) is 8.62. The Labute approximate surface area is 166 Å². The number of nitrogens with zero attached hydrogens (tertiary/aromatic N) is 2. The summed E-state index contributed by atoms with van der Waals surface area (Å²) in [5.41, 5.74) is 1.21. The summed E-state index contributed by atoms with van der Waals surface area (Å²) in [6.07, 6.45) is 1.75. The molecule has 0 saturated heterocycles. The molecule has 7 heteroatoms. The van der Waals surface area contributed by atoms with E-state index in [1.165, 1.54) is 6.08 Å². The minimum absolute atomic E-state index is 0.0376. The zero-order valence-electron chi connectivity index (χ0n) is 15.1. The van der Waals surface area contributed by atoms with Gasteiger partial charge in [0.2, 0.25) is 0 Å². The van der Waals surface area contributed by atoms with Crippen LogP contribution in [0.2, 0.25) is 5.02 Å². The molecule has 1 N–H and O–H groups in total. The summed E-state index contributed by atoms with van der Waals surface area (Å²) in [4.78, 5) is 26.2. The smallest absolute Gasteiger partial charge is 0.271 e. The van der Waals surface area contributed by atoms with Crippen LogP contribution in [0.15, 0.2) is 57.5 Å². The zero-order valence-corrected chi connectivity index (χ0v) is 15.9. The SMILES string of the molecule is CC1=C(C#N)C(=O)N(CCCO)C(=O)/C1=C/c1ccc(-c2cccc(Cl)c2)o1. The lowest BCUT2D eigenvalue weighted by Crippen LogP contribution is -2.43. The summed E-state index contributed by atoms with van der Waals surface area (Å²) in [5, 5.41) is 18.9. The predicted octanol–water partition coefficient (Wildman–Crippen LogP) is 3.57. The lowest BCUT2D eigenvalue weighted by Gasteiger charge is -2.27. The standard InChI is InChI=1S/C21H17ClN2O4/c1-13-17(20(26)24(8-3-9-25)21(27)18(13)12-23)11-16-6-7-19(28-16)14-4-2-5-15(22)10-14/h2,4-7,10-11,25H,3,8-9H2,1H3/b17-11+. The van der Waals surface area contributed by atoms with Gasteiger partial charge in [-0.3, -0.25) is 14.5 Å². The van der Waals surface area contributed by atoms with Crippen molar-refractivity contribution >= 4 is 29.5 Å². The molecule has 2 amide bonds. The summed E-state index contributed by atoms with van der Waals surface area (Å²) in [7, 11) is 0. The number of halogens is 1. The topological polar surface area (TPSA) is 94.5 Å². The Bertz CT molecular complexity index is 1040. The van der Waals surface area contributed by atoms with Gasteiger partial charge in [0.05, 0.1) is 0 Å². The van der Waals surface area contributed by atoms with Crippen molar-refractivity contribution < 1.29 is 19.1 Å². The largest absolute Gasteiger partial charge is 0.457 e. The molecule has 1 aromatic heterocycles. The van der Waals surface area contributed by atoms with E-state index in [4.69, 9.17) is 21.1 Å². The Morgan fingerprint density at radius 3 is 2.71 bits per heavy atom.